The number of aldehydes is 3. The molecule has 0 spiro atoms. The van der Waals surface area contributed by atoms with Crippen molar-refractivity contribution < 1.29 is 24.4 Å². The van der Waals surface area contributed by atoms with E-state index in [1.807, 2.05) is 194 Å². The van der Waals surface area contributed by atoms with Crippen molar-refractivity contribution in [1.82, 2.24) is 0 Å². The van der Waals surface area contributed by atoms with Gasteiger partial charge in [0.05, 0.1) is 0 Å². The number of nitrogens with zero attached hydrogens (tertiary/aromatic N) is 3. The third-order valence-electron chi connectivity index (χ3n) is 13.6. The van der Waals surface area contributed by atoms with Gasteiger partial charge in [0.1, 0.15) is 18.9 Å². The van der Waals surface area contributed by atoms with Gasteiger partial charge in [-0.15, -0.1) is 0 Å². The van der Waals surface area contributed by atoms with Gasteiger partial charge in [-0.3, -0.25) is 14.4 Å². The molecule has 0 saturated heterocycles. The highest BCUT2D eigenvalue weighted by atomic mass is 79.9. The van der Waals surface area contributed by atoms with E-state index in [1.54, 1.807) is 24.3 Å². The minimum absolute atomic E-state index is 0.477. The Hall–Kier alpha value is -9.53. The Labute approximate surface area is 533 Å². The predicted molar refractivity (Wildman–Crippen MR) is 370 cm³/mol. The number of para-hydroxylation sites is 4. The van der Waals surface area contributed by atoms with Crippen LogP contribution in [0.15, 0.2) is 329 Å². The van der Waals surface area contributed by atoms with E-state index in [2.05, 4.69) is 160 Å². The van der Waals surface area contributed by atoms with E-state index in [4.69, 9.17) is 0 Å². The lowest BCUT2D eigenvalue weighted by molar-refractivity contribution is 0.111. The Morgan fingerprint density at radius 2 is 0.517 bits per heavy atom. The van der Waals surface area contributed by atoms with Gasteiger partial charge in [0.2, 0.25) is 0 Å². The van der Waals surface area contributed by atoms with Crippen LogP contribution in [-0.2, 0) is 0 Å². The van der Waals surface area contributed by atoms with Crippen LogP contribution in [-0.4, -0.2) is 36.0 Å². The molecule has 0 atom stereocenters. The Bertz CT molecular complexity index is 3970. The molecule has 0 bridgehead atoms. The molecule has 0 aromatic heterocycles. The highest BCUT2D eigenvalue weighted by Gasteiger charge is 2.17. The van der Waals surface area contributed by atoms with Crippen LogP contribution >= 0.6 is 47.8 Å². The summed E-state index contributed by atoms with van der Waals surface area (Å²) in [5.41, 5.74) is 16.3. The smallest absolute Gasteiger partial charge is 0.423 e. The average Bonchev–Trinajstić information content (AvgIpc) is 3.10. The number of carbonyl (C=O) groups is 3. The van der Waals surface area contributed by atoms with Crippen LogP contribution in [0.3, 0.4) is 0 Å². The number of hydrogen-bond donors (Lipinski definition) is 2. The van der Waals surface area contributed by atoms with Gasteiger partial charge in [-0.05, 0) is 185 Å². The fraction of sp³-hybridized carbons (Fsp3) is 0. The summed E-state index contributed by atoms with van der Waals surface area (Å²) >= 11 is 10.3. The Balaban J connectivity index is 0.000000146. The normalized spacial score (nSPS) is 10.3. The van der Waals surface area contributed by atoms with Crippen molar-refractivity contribution >= 4 is 130 Å². The van der Waals surface area contributed by atoms with Gasteiger partial charge < -0.3 is 24.7 Å². The van der Waals surface area contributed by atoms with Crippen LogP contribution in [0.2, 0.25) is 0 Å². The van der Waals surface area contributed by atoms with Crippen molar-refractivity contribution in [1.29, 1.82) is 0 Å². The molecule has 0 aliphatic rings. The van der Waals surface area contributed by atoms with Crippen LogP contribution in [0, 0.1) is 0 Å². The van der Waals surface area contributed by atoms with Gasteiger partial charge in [-0.2, -0.15) is 0 Å². The second-order valence-electron chi connectivity index (χ2n) is 19.5. The molecular formula is C75H57BBr3N3O5. The summed E-state index contributed by atoms with van der Waals surface area (Å²) in [5.74, 6) is 0. The molecule has 426 valence electrons. The molecule has 0 saturated carbocycles. The van der Waals surface area contributed by atoms with Crippen LogP contribution in [0.25, 0.3) is 22.3 Å². The van der Waals surface area contributed by atoms with Crippen molar-refractivity contribution in [2.45, 2.75) is 0 Å². The minimum Gasteiger partial charge on any atom is -0.423 e. The van der Waals surface area contributed by atoms with Gasteiger partial charge in [0.15, 0.2) is 0 Å². The van der Waals surface area contributed by atoms with E-state index in [0.717, 1.165) is 106 Å². The molecule has 12 aromatic carbocycles. The van der Waals surface area contributed by atoms with Crippen LogP contribution < -0.4 is 20.2 Å². The topological polar surface area (TPSA) is 101 Å². The number of carbonyl (C=O) groups excluding carboxylic acids is 3. The van der Waals surface area contributed by atoms with Gasteiger partial charge in [0, 0.05) is 81.3 Å². The monoisotopic (exact) mass is 1330 g/mol. The summed E-state index contributed by atoms with van der Waals surface area (Å²) < 4.78 is 3.02. The van der Waals surface area contributed by atoms with E-state index in [1.165, 1.54) is 0 Å². The van der Waals surface area contributed by atoms with Crippen LogP contribution in [0.1, 0.15) is 31.1 Å². The minimum atomic E-state index is -1.45. The first-order valence-corrected chi connectivity index (χ1v) is 30.1. The molecule has 0 radical (unpaired) electrons. The molecule has 0 unspecified atom stereocenters. The zero-order valence-corrected chi connectivity index (χ0v) is 51.7. The summed E-state index contributed by atoms with van der Waals surface area (Å²) in [7, 11) is -1.45. The van der Waals surface area contributed by atoms with Crippen LogP contribution in [0.5, 0.6) is 0 Å². The average molecular weight is 1330 g/mol. The van der Waals surface area contributed by atoms with E-state index >= 15 is 0 Å². The van der Waals surface area contributed by atoms with Crippen molar-refractivity contribution in [2.24, 2.45) is 0 Å². The summed E-state index contributed by atoms with van der Waals surface area (Å²) in [6.07, 6.45) is 2.58. The molecule has 12 heteroatoms. The van der Waals surface area contributed by atoms with Crippen molar-refractivity contribution in [3.63, 3.8) is 0 Å². The quantitative estimate of drug-likeness (QED) is 0.0773. The third-order valence-corrected chi connectivity index (χ3v) is 15.2. The molecule has 0 heterocycles. The molecule has 12 rings (SSSR count). The Kier molecular flexibility index (Phi) is 22.5. The second kappa shape index (κ2) is 31.6. The second-order valence-corrected chi connectivity index (χ2v) is 22.3. The summed E-state index contributed by atoms with van der Waals surface area (Å²) in [4.78, 5) is 38.8. The molecular weight excluding hydrogens is 1270 g/mol. The Morgan fingerprint density at radius 1 is 0.253 bits per heavy atom. The number of hydrogen-bond acceptors (Lipinski definition) is 8. The lowest BCUT2D eigenvalue weighted by Gasteiger charge is -2.25. The molecule has 87 heavy (non-hydrogen) atoms. The highest BCUT2D eigenvalue weighted by Crippen LogP contribution is 2.39. The maximum absolute atomic E-state index is 11.1. The van der Waals surface area contributed by atoms with Crippen molar-refractivity contribution in [2.75, 3.05) is 14.7 Å². The maximum atomic E-state index is 11.1. The number of halogens is 3. The van der Waals surface area contributed by atoms with Gasteiger partial charge in [-0.25, -0.2) is 0 Å². The van der Waals surface area contributed by atoms with Gasteiger partial charge in [-0.1, -0.05) is 206 Å². The first kappa shape index (κ1) is 62.0. The zero-order valence-electron chi connectivity index (χ0n) is 46.9. The van der Waals surface area contributed by atoms with Crippen molar-refractivity contribution in [3.8, 4) is 22.3 Å². The first-order valence-electron chi connectivity index (χ1n) is 27.7. The number of anilines is 9. The largest absolute Gasteiger partial charge is 0.488 e. The standard InChI is InChI=1S/C25H17Br2NO.C25H19NO.C18H16BNO2.C7H5BrO/c26-21-6-12-24(13-7-21)28(25-14-8-22(27)9-15-25)23-10-4-19(5-11-23)20-3-1-2-18(16-20)17-29;27-19-20-8-7-9-22(18-20)21-14-16-25(17-15-21)26(23-10-3-1-4-11-23)24-12-5-2-6-13-24;21-19(22)15-11-13-18(14-12-15)20(16-7-3-1-4-8-16)17-9-5-2-6-10-17;8-7-3-1-2-6(4-7)5-9/h1-17H;1-19H;1-14,21-22H;1-5H. The fourth-order valence-electron chi connectivity index (χ4n) is 9.39. The lowest BCUT2D eigenvalue weighted by atomic mass is 9.80. The third kappa shape index (κ3) is 17.3. The first-order chi connectivity index (χ1) is 42.6. The Morgan fingerprint density at radius 3 is 0.793 bits per heavy atom. The summed E-state index contributed by atoms with van der Waals surface area (Å²) in [6, 6.07) is 104. The van der Waals surface area contributed by atoms with E-state index in [-0.39, 0.29) is 0 Å². The van der Waals surface area contributed by atoms with Crippen LogP contribution in [0.4, 0.5) is 51.2 Å². The molecule has 2 N–H and O–H groups in total. The number of rotatable bonds is 15. The zero-order chi connectivity index (χ0) is 60.7. The predicted octanol–water partition coefficient (Wildman–Crippen LogP) is 19.9. The molecule has 8 nitrogen and oxygen atoms in total. The SMILES string of the molecule is O=Cc1cccc(-c2ccc(N(c3ccc(Br)cc3)c3ccc(Br)cc3)cc2)c1.O=Cc1cccc(-c2ccc(N(c3ccccc3)c3ccccc3)cc2)c1.O=Cc1cccc(Br)c1.OB(O)c1ccc(N(c2ccccc2)c2ccccc2)cc1. The molecule has 0 aliphatic carbocycles. The molecule has 0 fully saturated rings. The van der Waals surface area contributed by atoms with Crippen molar-refractivity contribution in [3.05, 3.63) is 346 Å². The van der Waals surface area contributed by atoms with E-state index in [0.29, 0.717) is 22.2 Å². The molecule has 12 aromatic rings. The van der Waals surface area contributed by atoms with Gasteiger partial charge >= 0.3 is 7.12 Å². The maximum Gasteiger partial charge on any atom is 0.488 e. The highest BCUT2D eigenvalue weighted by molar-refractivity contribution is 9.11. The summed E-state index contributed by atoms with van der Waals surface area (Å²) in [5, 5.41) is 18.5. The molecule has 0 amide bonds. The van der Waals surface area contributed by atoms with Gasteiger partial charge in [0.25, 0.3) is 0 Å². The van der Waals surface area contributed by atoms with E-state index < -0.39 is 7.12 Å². The molecule has 0 aliphatic heterocycles. The lowest BCUT2D eigenvalue weighted by Crippen LogP contribution is -2.29. The van der Waals surface area contributed by atoms with E-state index in [9.17, 15) is 24.4 Å². The summed E-state index contributed by atoms with van der Waals surface area (Å²) in [6.45, 7) is 0. The fourth-order valence-corrected chi connectivity index (χ4v) is 10.3. The number of benzene rings is 12.